The van der Waals surface area contributed by atoms with Gasteiger partial charge in [-0.3, -0.25) is 0 Å². The number of benzene rings is 1. The van der Waals surface area contributed by atoms with Gasteiger partial charge < -0.3 is 4.74 Å². The number of alkyl halides is 2. The number of hydrogen-bond acceptors (Lipinski definition) is 6. The van der Waals surface area contributed by atoms with Crippen LogP contribution in [0.3, 0.4) is 0 Å². The molecule has 0 saturated carbocycles. The van der Waals surface area contributed by atoms with Gasteiger partial charge in [0.25, 0.3) is 0 Å². The molecule has 17 heavy (non-hydrogen) atoms. The van der Waals surface area contributed by atoms with Crippen molar-refractivity contribution in [3.63, 3.8) is 0 Å². The molecule has 0 unspecified atom stereocenters. The van der Waals surface area contributed by atoms with Crippen LogP contribution < -0.4 is 0 Å². The van der Waals surface area contributed by atoms with E-state index in [0.717, 1.165) is 0 Å². The van der Waals surface area contributed by atoms with Crippen LogP contribution in [0.2, 0.25) is 0 Å². The minimum Gasteiger partial charge on any atom is -0.455 e. The van der Waals surface area contributed by atoms with E-state index in [-0.39, 0.29) is 5.56 Å². The van der Waals surface area contributed by atoms with Crippen molar-refractivity contribution in [2.24, 2.45) is 0 Å². The van der Waals surface area contributed by atoms with E-state index in [1.807, 2.05) is 0 Å². The van der Waals surface area contributed by atoms with Gasteiger partial charge in [-0.2, -0.15) is 8.78 Å². The van der Waals surface area contributed by atoms with E-state index in [9.17, 15) is 13.6 Å². The van der Waals surface area contributed by atoms with Crippen LogP contribution in [0, 0.1) is 0 Å². The van der Waals surface area contributed by atoms with Gasteiger partial charge in [0.1, 0.15) is 12.0 Å². The summed E-state index contributed by atoms with van der Waals surface area (Å²) >= 11 is -0.467. The van der Waals surface area contributed by atoms with Gasteiger partial charge in [-0.1, -0.05) is 23.2 Å². The summed E-state index contributed by atoms with van der Waals surface area (Å²) in [7, 11) is 0. The largest absolute Gasteiger partial charge is 0.455 e. The molecule has 1 aromatic carbocycles. The molecule has 1 rings (SSSR count). The Labute approximate surface area is 99.3 Å². The van der Waals surface area contributed by atoms with Gasteiger partial charge >= 0.3 is 11.2 Å². The lowest BCUT2D eigenvalue weighted by molar-refractivity contribution is -0.433. The van der Waals surface area contributed by atoms with Crippen molar-refractivity contribution in [3.8, 4) is 0 Å². The number of hydrogen-bond donors (Lipinski definition) is 1. The smallest absolute Gasteiger partial charge is 0.354 e. The second-order valence-electron chi connectivity index (χ2n) is 2.81. The van der Waals surface area contributed by atoms with E-state index in [2.05, 4.69) is 14.1 Å². The Morgan fingerprint density at radius 3 is 2.59 bits per heavy atom. The van der Waals surface area contributed by atoms with E-state index in [0.29, 0.717) is 0 Å². The first-order chi connectivity index (χ1) is 8.05. The zero-order valence-corrected chi connectivity index (χ0v) is 9.15. The van der Waals surface area contributed by atoms with Crippen LogP contribution in [0.25, 0.3) is 0 Å². The lowest BCUT2D eigenvalue weighted by Crippen LogP contribution is -2.22. The topological polar surface area (TPSA) is 65.0 Å². The van der Waals surface area contributed by atoms with Crippen LogP contribution in [0.1, 0.15) is 10.4 Å². The van der Waals surface area contributed by atoms with Gasteiger partial charge in [-0.25, -0.2) is 10.1 Å². The third kappa shape index (κ3) is 5.09. The summed E-state index contributed by atoms with van der Waals surface area (Å²) in [5.74, 6) is -0.879. The molecule has 0 aliphatic rings. The van der Waals surface area contributed by atoms with Crippen LogP contribution in [-0.2, 0) is 14.1 Å². The van der Waals surface area contributed by atoms with E-state index in [1.165, 1.54) is 12.1 Å². The quantitative estimate of drug-likeness (QED) is 0.369. The highest BCUT2D eigenvalue weighted by Gasteiger charge is 2.34. The van der Waals surface area contributed by atoms with Crippen molar-refractivity contribution in [1.29, 1.82) is 0 Å². The summed E-state index contributed by atoms with van der Waals surface area (Å²) in [6.07, 6.45) is 0. The molecule has 1 aromatic rings. The first-order valence-corrected chi connectivity index (χ1v) is 5.05. The van der Waals surface area contributed by atoms with E-state index in [4.69, 9.17) is 5.26 Å². The number of rotatable bonds is 6. The maximum absolute atomic E-state index is 12.9. The Bertz CT molecular complexity index is 360. The Morgan fingerprint density at radius 1 is 1.35 bits per heavy atom. The molecule has 0 spiro atoms. The van der Waals surface area contributed by atoms with E-state index >= 15 is 0 Å². The van der Waals surface area contributed by atoms with Crippen LogP contribution in [0.15, 0.2) is 30.3 Å². The molecule has 0 radical (unpaired) electrons. The molecule has 0 atom stereocenters. The number of esters is 1. The third-order valence-electron chi connectivity index (χ3n) is 1.57. The molecule has 1 N–H and O–H groups in total. The minimum absolute atomic E-state index is 0.160. The van der Waals surface area contributed by atoms with Crippen LogP contribution in [0.4, 0.5) is 8.78 Å². The van der Waals surface area contributed by atoms with Crippen molar-refractivity contribution in [1.82, 2.24) is 0 Å². The zero-order chi connectivity index (χ0) is 12.7. The SMILES string of the molecule is O=C(OCC(F)(F)SOOO)c1ccccc1. The van der Waals surface area contributed by atoms with Gasteiger partial charge in [-0.15, -0.1) is 4.33 Å². The Hall–Kier alpha value is -1.22. The van der Waals surface area contributed by atoms with E-state index < -0.39 is 29.9 Å². The van der Waals surface area contributed by atoms with Gasteiger partial charge in [0.15, 0.2) is 6.61 Å². The monoisotopic (exact) mass is 266 g/mol. The Morgan fingerprint density at radius 2 is 2.00 bits per heavy atom. The average molecular weight is 266 g/mol. The van der Waals surface area contributed by atoms with E-state index in [1.54, 1.807) is 18.2 Å². The summed E-state index contributed by atoms with van der Waals surface area (Å²) in [5, 5.41) is 7.19. The molecular formula is C9H8F2O5S. The highest BCUT2D eigenvalue weighted by Crippen LogP contribution is 2.30. The molecule has 0 aliphatic heterocycles. The summed E-state index contributed by atoms with van der Waals surface area (Å²) in [4.78, 5) is 11.3. The number of ether oxygens (including phenoxy) is 1. The van der Waals surface area contributed by atoms with Gasteiger partial charge in [0.05, 0.1) is 5.56 Å². The minimum atomic E-state index is -3.52. The lowest BCUT2D eigenvalue weighted by Gasteiger charge is -2.12. The molecule has 0 fully saturated rings. The van der Waals surface area contributed by atoms with Crippen molar-refractivity contribution >= 4 is 18.0 Å². The lowest BCUT2D eigenvalue weighted by atomic mass is 10.2. The maximum atomic E-state index is 12.9. The van der Waals surface area contributed by atoms with Crippen molar-refractivity contribution < 1.29 is 32.9 Å². The highest BCUT2D eigenvalue weighted by molar-refractivity contribution is 7.95. The first-order valence-electron chi connectivity index (χ1n) is 4.31. The average Bonchev–Trinajstić information content (AvgIpc) is 2.35. The molecule has 0 heterocycles. The first kappa shape index (κ1) is 13.8. The predicted octanol–water partition coefficient (Wildman–Crippen LogP) is 2.51. The number of halogens is 2. The zero-order valence-electron chi connectivity index (χ0n) is 8.34. The molecule has 8 heteroatoms. The molecule has 0 saturated heterocycles. The summed E-state index contributed by atoms with van der Waals surface area (Å²) in [6.45, 7) is -1.20. The Balaban J connectivity index is 2.43. The summed E-state index contributed by atoms with van der Waals surface area (Å²) in [6, 6.07) is 7.69. The summed E-state index contributed by atoms with van der Waals surface area (Å²) in [5.41, 5.74) is 0.160. The van der Waals surface area contributed by atoms with Crippen molar-refractivity contribution in [2.75, 3.05) is 6.61 Å². The second-order valence-corrected chi connectivity index (χ2v) is 3.71. The molecule has 94 valence electrons. The number of carbonyl (C=O) groups is 1. The fraction of sp³-hybridized carbons (Fsp3) is 0.222. The fourth-order valence-electron chi connectivity index (χ4n) is 0.896. The molecule has 0 aliphatic carbocycles. The predicted molar refractivity (Wildman–Crippen MR) is 54.1 cm³/mol. The standard InChI is InChI=1S/C9H8F2O5S/c10-9(11,17-16-15-13)6-14-8(12)7-4-2-1-3-5-7/h1-5,13H,6H2. The fourth-order valence-corrected chi connectivity index (χ4v) is 1.13. The van der Waals surface area contributed by atoms with Crippen molar-refractivity contribution in [3.05, 3.63) is 35.9 Å². The molecule has 0 bridgehead atoms. The molecular weight excluding hydrogens is 258 g/mol. The van der Waals surface area contributed by atoms with Crippen molar-refractivity contribution in [2.45, 2.75) is 5.25 Å². The molecule has 0 aromatic heterocycles. The van der Waals surface area contributed by atoms with Crippen LogP contribution in [-0.4, -0.2) is 23.1 Å². The third-order valence-corrected chi connectivity index (χ3v) is 2.06. The van der Waals surface area contributed by atoms with Crippen LogP contribution >= 0.6 is 12.0 Å². The van der Waals surface area contributed by atoms with Gasteiger partial charge in [-0.05, 0) is 12.1 Å². The normalized spacial score (nSPS) is 11.2. The molecule has 0 amide bonds. The summed E-state index contributed by atoms with van der Waals surface area (Å²) < 4.78 is 33.6. The molecule has 5 nitrogen and oxygen atoms in total. The second kappa shape index (κ2) is 6.50. The van der Waals surface area contributed by atoms with Gasteiger partial charge in [0.2, 0.25) is 0 Å². The Kier molecular flexibility index (Phi) is 5.29. The number of carbonyl (C=O) groups excluding carboxylic acids is 1. The highest BCUT2D eigenvalue weighted by atomic mass is 32.2. The van der Waals surface area contributed by atoms with Crippen LogP contribution in [0.5, 0.6) is 0 Å². The maximum Gasteiger partial charge on any atom is 0.354 e. The van der Waals surface area contributed by atoms with Gasteiger partial charge in [0, 0.05) is 0 Å².